The van der Waals surface area contributed by atoms with Gasteiger partial charge < -0.3 is 4.57 Å². The summed E-state index contributed by atoms with van der Waals surface area (Å²) in [7, 11) is 1.93. The van der Waals surface area contributed by atoms with Gasteiger partial charge in [0.15, 0.2) is 6.29 Å². The third kappa shape index (κ3) is 1.76. The number of aryl methyl sites for hydroxylation is 3. The smallest absolute Gasteiger partial charge is 0.170 e. The minimum Gasteiger partial charge on any atom is -0.333 e. The number of imidazole rings is 1. The van der Waals surface area contributed by atoms with Crippen LogP contribution in [0.25, 0.3) is 11.3 Å². The van der Waals surface area contributed by atoms with E-state index in [1.165, 1.54) is 30.4 Å². The Morgan fingerprint density at radius 1 is 1.22 bits per heavy atom. The molecule has 0 saturated carbocycles. The Bertz CT molecular complexity index is 599. The highest BCUT2D eigenvalue weighted by Gasteiger charge is 2.14. The molecule has 3 rings (SSSR count). The van der Waals surface area contributed by atoms with Gasteiger partial charge in [-0.1, -0.05) is 12.1 Å². The summed E-state index contributed by atoms with van der Waals surface area (Å²) in [6, 6.07) is 6.53. The molecule has 0 spiro atoms. The van der Waals surface area contributed by atoms with Crippen molar-refractivity contribution < 1.29 is 4.79 Å². The first-order valence-corrected chi connectivity index (χ1v) is 6.38. The molecule has 0 amide bonds. The van der Waals surface area contributed by atoms with Gasteiger partial charge in [0.2, 0.25) is 0 Å². The van der Waals surface area contributed by atoms with Gasteiger partial charge in [0.05, 0.1) is 12.0 Å². The van der Waals surface area contributed by atoms with E-state index in [-0.39, 0.29) is 0 Å². The summed E-state index contributed by atoms with van der Waals surface area (Å²) < 4.78 is 1.91. The number of fused-ring (bicyclic) bond motifs is 1. The van der Waals surface area contributed by atoms with E-state index in [0.29, 0.717) is 5.69 Å². The average Bonchev–Trinajstić information content (AvgIpc) is 2.79. The van der Waals surface area contributed by atoms with E-state index in [0.717, 1.165) is 24.0 Å². The van der Waals surface area contributed by atoms with E-state index < -0.39 is 0 Å². The topological polar surface area (TPSA) is 34.9 Å². The third-order valence-electron chi connectivity index (χ3n) is 3.70. The maximum absolute atomic E-state index is 11.0. The number of hydrogen-bond donors (Lipinski definition) is 0. The average molecular weight is 240 g/mol. The Balaban J connectivity index is 2.11. The minimum absolute atomic E-state index is 0.522. The molecule has 0 atom stereocenters. The Morgan fingerprint density at radius 2 is 2.00 bits per heavy atom. The van der Waals surface area contributed by atoms with Gasteiger partial charge in [0, 0.05) is 12.6 Å². The fourth-order valence-electron chi connectivity index (χ4n) is 2.77. The van der Waals surface area contributed by atoms with Crippen molar-refractivity contribution in [2.24, 2.45) is 7.05 Å². The van der Waals surface area contributed by atoms with Crippen molar-refractivity contribution in [3.05, 3.63) is 41.3 Å². The lowest BCUT2D eigenvalue weighted by atomic mass is 9.90. The van der Waals surface area contributed by atoms with E-state index in [1.807, 2.05) is 11.6 Å². The molecule has 0 bridgehead atoms. The fourth-order valence-corrected chi connectivity index (χ4v) is 2.77. The number of carbonyl (C=O) groups is 1. The molecule has 92 valence electrons. The molecule has 3 nitrogen and oxygen atoms in total. The Kier molecular flexibility index (Phi) is 2.74. The zero-order chi connectivity index (χ0) is 12.5. The normalized spacial score (nSPS) is 14.3. The summed E-state index contributed by atoms with van der Waals surface area (Å²) in [4.78, 5) is 15.1. The molecule has 1 aromatic heterocycles. The van der Waals surface area contributed by atoms with E-state index in [2.05, 4.69) is 23.2 Å². The second-order valence-electron chi connectivity index (χ2n) is 4.90. The number of hydrogen-bond acceptors (Lipinski definition) is 2. The Morgan fingerprint density at radius 3 is 2.78 bits per heavy atom. The van der Waals surface area contributed by atoms with Crippen molar-refractivity contribution in [3.63, 3.8) is 0 Å². The van der Waals surface area contributed by atoms with Crippen LogP contribution in [-0.4, -0.2) is 15.8 Å². The predicted octanol–water partition coefficient (Wildman–Crippen LogP) is 2.78. The summed E-state index contributed by atoms with van der Waals surface area (Å²) in [5, 5.41) is 0. The molecule has 18 heavy (non-hydrogen) atoms. The van der Waals surface area contributed by atoms with Crippen LogP contribution in [0.2, 0.25) is 0 Å². The van der Waals surface area contributed by atoms with Crippen molar-refractivity contribution in [2.75, 3.05) is 0 Å². The molecule has 0 N–H and O–H groups in total. The predicted molar refractivity (Wildman–Crippen MR) is 70.7 cm³/mol. The van der Waals surface area contributed by atoms with Crippen molar-refractivity contribution in [1.82, 2.24) is 9.55 Å². The summed E-state index contributed by atoms with van der Waals surface area (Å²) >= 11 is 0. The lowest BCUT2D eigenvalue weighted by molar-refractivity contribution is 0.112. The molecule has 1 aliphatic rings. The maximum Gasteiger partial charge on any atom is 0.170 e. The van der Waals surface area contributed by atoms with Crippen LogP contribution in [0.4, 0.5) is 0 Å². The number of carbonyl (C=O) groups excluding carboxylic acids is 1. The lowest BCUT2D eigenvalue weighted by Gasteiger charge is -2.16. The first kappa shape index (κ1) is 11.2. The summed E-state index contributed by atoms with van der Waals surface area (Å²) in [5.41, 5.74) is 5.42. The van der Waals surface area contributed by atoms with Gasteiger partial charge in [-0.05, 0) is 42.9 Å². The van der Waals surface area contributed by atoms with Crippen molar-refractivity contribution in [1.29, 1.82) is 0 Å². The van der Waals surface area contributed by atoms with Crippen molar-refractivity contribution >= 4 is 6.29 Å². The SMILES string of the molecule is Cn1cnc(C=O)c1-c1ccc2c(c1)CCCC2. The molecule has 1 aliphatic carbocycles. The molecular formula is C15H16N2O. The van der Waals surface area contributed by atoms with Crippen molar-refractivity contribution in [3.8, 4) is 11.3 Å². The van der Waals surface area contributed by atoms with Crippen LogP contribution >= 0.6 is 0 Å². The second-order valence-corrected chi connectivity index (χ2v) is 4.90. The standard InChI is InChI=1S/C15H16N2O/c1-17-10-16-14(9-18)15(17)13-7-6-11-4-2-3-5-12(11)8-13/h6-10H,2-5H2,1H3. The van der Waals surface area contributed by atoms with Crippen LogP contribution in [0.5, 0.6) is 0 Å². The van der Waals surface area contributed by atoms with Crippen LogP contribution in [-0.2, 0) is 19.9 Å². The van der Waals surface area contributed by atoms with Gasteiger partial charge in [-0.3, -0.25) is 4.79 Å². The van der Waals surface area contributed by atoms with Crippen LogP contribution in [0.3, 0.4) is 0 Å². The largest absolute Gasteiger partial charge is 0.333 e. The van der Waals surface area contributed by atoms with Crippen molar-refractivity contribution in [2.45, 2.75) is 25.7 Å². The highest BCUT2D eigenvalue weighted by Crippen LogP contribution is 2.28. The van der Waals surface area contributed by atoms with E-state index >= 15 is 0 Å². The Hall–Kier alpha value is -1.90. The van der Waals surface area contributed by atoms with E-state index in [1.54, 1.807) is 6.33 Å². The maximum atomic E-state index is 11.0. The number of rotatable bonds is 2. The van der Waals surface area contributed by atoms with E-state index in [4.69, 9.17) is 0 Å². The monoisotopic (exact) mass is 240 g/mol. The van der Waals surface area contributed by atoms with Crippen LogP contribution in [0.15, 0.2) is 24.5 Å². The highest BCUT2D eigenvalue weighted by atomic mass is 16.1. The summed E-state index contributed by atoms with van der Waals surface area (Å²) in [6.45, 7) is 0. The highest BCUT2D eigenvalue weighted by molar-refractivity contribution is 5.83. The lowest BCUT2D eigenvalue weighted by Crippen LogP contribution is -2.03. The first-order chi connectivity index (χ1) is 8.79. The number of aromatic nitrogens is 2. The minimum atomic E-state index is 0.522. The number of nitrogens with zero attached hydrogens (tertiary/aromatic N) is 2. The molecule has 1 aromatic carbocycles. The molecule has 0 aliphatic heterocycles. The molecule has 2 aromatic rings. The van der Waals surface area contributed by atoms with E-state index in [9.17, 15) is 4.79 Å². The molecule has 0 unspecified atom stereocenters. The van der Waals surface area contributed by atoms with Gasteiger partial charge in [-0.2, -0.15) is 0 Å². The molecule has 1 heterocycles. The number of benzene rings is 1. The first-order valence-electron chi connectivity index (χ1n) is 6.38. The van der Waals surface area contributed by atoms with Gasteiger partial charge in [0.25, 0.3) is 0 Å². The van der Waals surface area contributed by atoms with Gasteiger partial charge in [0.1, 0.15) is 5.69 Å². The third-order valence-corrected chi connectivity index (χ3v) is 3.70. The molecular weight excluding hydrogens is 224 g/mol. The fraction of sp³-hybridized carbons (Fsp3) is 0.333. The van der Waals surface area contributed by atoms with Gasteiger partial charge in [-0.15, -0.1) is 0 Å². The van der Waals surface area contributed by atoms with Crippen LogP contribution in [0.1, 0.15) is 34.5 Å². The van der Waals surface area contributed by atoms with Crippen LogP contribution < -0.4 is 0 Å². The quantitative estimate of drug-likeness (QED) is 0.756. The summed E-state index contributed by atoms with van der Waals surface area (Å²) in [6.07, 6.45) is 7.41. The Labute approximate surface area is 106 Å². The molecule has 0 radical (unpaired) electrons. The summed E-state index contributed by atoms with van der Waals surface area (Å²) in [5.74, 6) is 0. The molecule has 3 heteroatoms. The number of aldehydes is 1. The zero-order valence-corrected chi connectivity index (χ0v) is 10.5. The zero-order valence-electron chi connectivity index (χ0n) is 10.5. The second kappa shape index (κ2) is 4.41. The molecule has 0 saturated heterocycles. The van der Waals surface area contributed by atoms with Gasteiger partial charge >= 0.3 is 0 Å². The van der Waals surface area contributed by atoms with Gasteiger partial charge in [-0.25, -0.2) is 4.98 Å². The molecule has 0 fully saturated rings. The van der Waals surface area contributed by atoms with Crippen LogP contribution in [0, 0.1) is 0 Å².